The number of hydrogen-bond donors (Lipinski definition) is 2. The molecule has 29 heavy (non-hydrogen) atoms. The van der Waals surface area contributed by atoms with Gasteiger partial charge in [0.05, 0.1) is 16.1 Å². The molecule has 3 rings (SSSR count). The van der Waals surface area contributed by atoms with Crippen molar-refractivity contribution in [1.29, 1.82) is 0 Å². The molecule has 1 heterocycles. The van der Waals surface area contributed by atoms with Crippen LogP contribution in [-0.4, -0.2) is 26.7 Å². The lowest BCUT2D eigenvalue weighted by Gasteiger charge is -2.32. The van der Waals surface area contributed by atoms with Gasteiger partial charge in [-0.2, -0.15) is 0 Å². The van der Waals surface area contributed by atoms with Crippen LogP contribution in [-0.2, 0) is 19.3 Å². The first-order valence-electron chi connectivity index (χ1n) is 9.67. The van der Waals surface area contributed by atoms with E-state index in [4.69, 9.17) is 14.4 Å². The van der Waals surface area contributed by atoms with Gasteiger partial charge in [-0.25, -0.2) is 13.6 Å². The summed E-state index contributed by atoms with van der Waals surface area (Å²) in [5, 5.41) is 8.93. The number of rotatable bonds is 5. The molecule has 8 heteroatoms. The summed E-state index contributed by atoms with van der Waals surface area (Å²) in [6, 6.07) is 13.3. The molecular formula is C21H29BN2O4S. The summed E-state index contributed by atoms with van der Waals surface area (Å²) in [5.74, 6) is 0. The summed E-state index contributed by atoms with van der Waals surface area (Å²) in [5.41, 5.74) is 1.94. The van der Waals surface area contributed by atoms with Crippen molar-refractivity contribution in [3.05, 3.63) is 53.6 Å². The normalized spacial score (nSPS) is 19.2. The summed E-state index contributed by atoms with van der Waals surface area (Å²) in [7, 11) is -4.59. The molecule has 156 valence electrons. The minimum absolute atomic E-state index is 0.00268. The van der Waals surface area contributed by atoms with E-state index in [0.29, 0.717) is 11.0 Å². The first kappa shape index (κ1) is 21.8. The molecule has 2 aromatic carbocycles. The van der Waals surface area contributed by atoms with E-state index in [0.717, 1.165) is 11.3 Å². The third kappa shape index (κ3) is 4.21. The molecule has 0 amide bonds. The average Bonchev–Trinajstić information content (AvgIpc) is 2.81. The van der Waals surface area contributed by atoms with Crippen LogP contribution in [0.4, 0.5) is 5.69 Å². The second-order valence-corrected chi connectivity index (χ2v) is 10.1. The lowest BCUT2D eigenvalue weighted by Crippen LogP contribution is -2.41. The molecule has 1 fully saturated rings. The molecule has 1 saturated heterocycles. The predicted octanol–water partition coefficient (Wildman–Crippen LogP) is 3.11. The third-order valence-corrected chi connectivity index (χ3v) is 6.99. The topological polar surface area (TPSA) is 90.7 Å². The summed E-state index contributed by atoms with van der Waals surface area (Å²) < 4.78 is 36.7. The van der Waals surface area contributed by atoms with Crippen molar-refractivity contribution in [2.45, 2.75) is 63.7 Å². The first-order chi connectivity index (χ1) is 13.3. The molecule has 0 saturated carbocycles. The van der Waals surface area contributed by atoms with Crippen LogP contribution in [0.5, 0.6) is 0 Å². The standard InChI is InChI=1S/C21H29BN2O4S/c1-14-18(29(23,25)26)13-12-17(24-15(2)16-10-8-7-9-11-16)19(14)22-27-20(3,4)21(5,6)28-22/h7-13,15,24H,1-6H3,(H2,23,25,26)/t15-/m1/s1. The Bertz CT molecular complexity index is 991. The molecule has 0 spiro atoms. The Labute approximate surface area is 174 Å². The number of benzene rings is 2. The Morgan fingerprint density at radius 1 is 1.00 bits per heavy atom. The zero-order chi connectivity index (χ0) is 21.6. The maximum absolute atomic E-state index is 12.1. The van der Waals surface area contributed by atoms with Gasteiger partial charge in [-0.1, -0.05) is 30.3 Å². The number of sulfonamides is 1. The molecule has 6 nitrogen and oxygen atoms in total. The number of anilines is 1. The Morgan fingerprint density at radius 3 is 2.07 bits per heavy atom. The highest BCUT2D eigenvalue weighted by atomic mass is 32.2. The Morgan fingerprint density at radius 2 is 1.55 bits per heavy atom. The molecule has 2 aromatic rings. The van der Waals surface area contributed by atoms with Gasteiger partial charge >= 0.3 is 7.12 Å². The van der Waals surface area contributed by atoms with E-state index in [9.17, 15) is 8.42 Å². The van der Waals surface area contributed by atoms with E-state index in [1.165, 1.54) is 6.07 Å². The van der Waals surface area contributed by atoms with Crippen molar-refractivity contribution in [2.75, 3.05) is 5.32 Å². The fourth-order valence-electron chi connectivity index (χ4n) is 3.47. The number of nitrogens with two attached hydrogens (primary N) is 1. The third-order valence-electron chi connectivity index (χ3n) is 5.93. The SMILES string of the molecule is Cc1c(S(N)(=O)=O)ccc(N[C@H](C)c2ccccc2)c1B1OC(C)(C)C(C)(C)O1. The largest absolute Gasteiger partial charge is 0.497 e. The van der Waals surface area contributed by atoms with Crippen LogP contribution in [0, 0.1) is 6.92 Å². The minimum Gasteiger partial charge on any atom is -0.399 e. The van der Waals surface area contributed by atoms with Gasteiger partial charge in [-0.05, 0) is 64.8 Å². The Hall–Kier alpha value is -1.87. The second-order valence-electron chi connectivity index (χ2n) is 8.56. The fourth-order valence-corrected chi connectivity index (χ4v) is 4.26. The zero-order valence-corrected chi connectivity index (χ0v) is 18.6. The maximum atomic E-state index is 12.1. The molecule has 1 aliphatic rings. The van der Waals surface area contributed by atoms with E-state index >= 15 is 0 Å². The van der Waals surface area contributed by atoms with Crippen molar-refractivity contribution < 1.29 is 17.7 Å². The summed E-state index contributed by atoms with van der Waals surface area (Å²) in [6.07, 6.45) is 0. The molecule has 1 aliphatic heterocycles. The fraction of sp³-hybridized carbons (Fsp3) is 0.429. The lowest BCUT2D eigenvalue weighted by atomic mass is 9.74. The van der Waals surface area contributed by atoms with Gasteiger partial charge in [0.2, 0.25) is 10.0 Å². The van der Waals surface area contributed by atoms with Crippen molar-refractivity contribution in [1.82, 2.24) is 0 Å². The Balaban J connectivity index is 2.09. The van der Waals surface area contributed by atoms with Crippen LogP contribution in [0.3, 0.4) is 0 Å². The average molecular weight is 416 g/mol. The monoisotopic (exact) mass is 416 g/mol. The quantitative estimate of drug-likeness (QED) is 0.731. The molecule has 0 radical (unpaired) electrons. The van der Waals surface area contributed by atoms with Crippen LogP contribution in [0.25, 0.3) is 0 Å². The van der Waals surface area contributed by atoms with Crippen molar-refractivity contribution >= 4 is 28.3 Å². The first-order valence-corrected chi connectivity index (χ1v) is 11.2. The molecule has 0 unspecified atom stereocenters. The van der Waals surface area contributed by atoms with Crippen molar-refractivity contribution in [2.24, 2.45) is 5.14 Å². The van der Waals surface area contributed by atoms with Crippen molar-refractivity contribution in [3.63, 3.8) is 0 Å². The van der Waals surface area contributed by atoms with E-state index in [1.54, 1.807) is 13.0 Å². The van der Waals surface area contributed by atoms with Crippen molar-refractivity contribution in [3.8, 4) is 0 Å². The van der Waals surface area contributed by atoms with Gasteiger partial charge in [0.25, 0.3) is 0 Å². The zero-order valence-electron chi connectivity index (χ0n) is 17.8. The lowest BCUT2D eigenvalue weighted by molar-refractivity contribution is 0.00578. The van der Waals surface area contributed by atoms with E-state index in [1.807, 2.05) is 65.0 Å². The molecule has 0 aromatic heterocycles. The van der Waals surface area contributed by atoms with Crippen LogP contribution >= 0.6 is 0 Å². The van der Waals surface area contributed by atoms with Gasteiger partial charge in [0.15, 0.2) is 0 Å². The molecule has 0 aliphatic carbocycles. The van der Waals surface area contributed by atoms with E-state index < -0.39 is 28.3 Å². The van der Waals surface area contributed by atoms with Gasteiger partial charge in [-0.15, -0.1) is 0 Å². The van der Waals surface area contributed by atoms with Crippen LogP contribution < -0.4 is 15.9 Å². The number of primary sulfonamides is 1. The highest BCUT2D eigenvalue weighted by Gasteiger charge is 2.53. The highest BCUT2D eigenvalue weighted by Crippen LogP contribution is 2.38. The number of nitrogens with one attached hydrogen (secondary N) is 1. The van der Waals surface area contributed by atoms with Gasteiger partial charge < -0.3 is 14.6 Å². The summed E-state index contributed by atoms with van der Waals surface area (Å²) in [4.78, 5) is 0.0696. The van der Waals surface area contributed by atoms with E-state index in [2.05, 4.69) is 5.32 Å². The predicted molar refractivity (Wildman–Crippen MR) is 117 cm³/mol. The second kappa shape index (κ2) is 7.43. The smallest absolute Gasteiger partial charge is 0.399 e. The molecule has 1 atom stereocenters. The van der Waals surface area contributed by atoms with Gasteiger partial charge in [-0.3, -0.25) is 0 Å². The molecule has 3 N–H and O–H groups in total. The Kier molecular flexibility index (Phi) is 5.60. The minimum atomic E-state index is -3.88. The van der Waals surface area contributed by atoms with Gasteiger partial charge in [0, 0.05) is 17.2 Å². The molecule has 0 bridgehead atoms. The van der Waals surface area contributed by atoms with Crippen LogP contribution in [0.2, 0.25) is 0 Å². The molecular weight excluding hydrogens is 387 g/mol. The summed E-state index contributed by atoms with van der Waals surface area (Å²) in [6.45, 7) is 11.6. The summed E-state index contributed by atoms with van der Waals surface area (Å²) >= 11 is 0. The van der Waals surface area contributed by atoms with Gasteiger partial charge in [0.1, 0.15) is 0 Å². The highest BCUT2D eigenvalue weighted by molar-refractivity contribution is 7.89. The van der Waals surface area contributed by atoms with Crippen LogP contribution in [0.1, 0.15) is 51.8 Å². The maximum Gasteiger partial charge on any atom is 0.497 e. The van der Waals surface area contributed by atoms with E-state index in [-0.39, 0.29) is 10.9 Å². The number of hydrogen-bond acceptors (Lipinski definition) is 5. The van der Waals surface area contributed by atoms with Crippen LogP contribution in [0.15, 0.2) is 47.4 Å².